The standard InChI is InChI=1S/C10H14N2O2S/c1-14-9-4-5-10(11-8-9)12-15(13)6-2-3-7-15/h4-5,8H,2-3,6-7H2,1H3. The second kappa shape index (κ2) is 4.18. The average molecular weight is 226 g/mol. The van der Waals surface area contributed by atoms with Crippen LogP contribution in [0.1, 0.15) is 12.8 Å². The fourth-order valence-corrected chi connectivity index (χ4v) is 3.71. The normalized spacial score (nSPS) is 18.7. The highest BCUT2D eigenvalue weighted by molar-refractivity contribution is 7.93. The Balaban J connectivity index is 2.27. The van der Waals surface area contributed by atoms with Gasteiger partial charge >= 0.3 is 0 Å². The Hall–Kier alpha value is -1.10. The topological polar surface area (TPSA) is 51.5 Å². The van der Waals surface area contributed by atoms with Gasteiger partial charge in [-0.05, 0) is 25.0 Å². The molecule has 0 N–H and O–H groups in total. The number of hydrogen-bond acceptors (Lipinski definition) is 4. The highest BCUT2D eigenvalue weighted by Crippen LogP contribution is 2.20. The van der Waals surface area contributed by atoms with Crippen molar-refractivity contribution in [1.29, 1.82) is 0 Å². The van der Waals surface area contributed by atoms with E-state index in [4.69, 9.17) is 4.74 Å². The van der Waals surface area contributed by atoms with Crippen molar-refractivity contribution in [3.63, 3.8) is 0 Å². The Morgan fingerprint density at radius 1 is 1.40 bits per heavy atom. The van der Waals surface area contributed by atoms with E-state index in [9.17, 15) is 4.21 Å². The molecule has 1 saturated heterocycles. The molecule has 2 heterocycles. The van der Waals surface area contributed by atoms with Gasteiger partial charge in [0.25, 0.3) is 0 Å². The lowest BCUT2D eigenvalue weighted by atomic mass is 10.4. The first-order valence-electron chi connectivity index (χ1n) is 4.94. The monoisotopic (exact) mass is 226 g/mol. The first-order chi connectivity index (χ1) is 7.22. The van der Waals surface area contributed by atoms with E-state index in [1.165, 1.54) is 0 Å². The van der Waals surface area contributed by atoms with Crippen molar-refractivity contribution in [3.8, 4) is 5.75 Å². The minimum Gasteiger partial charge on any atom is -0.495 e. The summed E-state index contributed by atoms with van der Waals surface area (Å²) in [5, 5.41) is 0. The smallest absolute Gasteiger partial charge is 0.161 e. The Morgan fingerprint density at radius 2 is 2.13 bits per heavy atom. The summed E-state index contributed by atoms with van der Waals surface area (Å²) >= 11 is 0. The van der Waals surface area contributed by atoms with E-state index in [1.807, 2.05) is 0 Å². The van der Waals surface area contributed by atoms with Gasteiger partial charge in [0.1, 0.15) is 5.75 Å². The van der Waals surface area contributed by atoms with Crippen molar-refractivity contribution < 1.29 is 8.95 Å². The minimum absolute atomic E-state index is 0.544. The summed E-state index contributed by atoms with van der Waals surface area (Å²) in [6.07, 6.45) is 3.62. The molecule has 0 unspecified atom stereocenters. The molecule has 2 rings (SSSR count). The molecule has 1 aromatic heterocycles. The van der Waals surface area contributed by atoms with Crippen molar-refractivity contribution in [1.82, 2.24) is 4.98 Å². The number of methoxy groups -OCH3 is 1. The van der Waals surface area contributed by atoms with E-state index >= 15 is 0 Å². The third-order valence-corrected chi connectivity index (χ3v) is 4.77. The van der Waals surface area contributed by atoms with Gasteiger partial charge < -0.3 is 4.74 Å². The summed E-state index contributed by atoms with van der Waals surface area (Å²) in [7, 11) is -0.416. The highest BCUT2D eigenvalue weighted by atomic mass is 32.2. The van der Waals surface area contributed by atoms with Gasteiger partial charge in [0.05, 0.1) is 23.0 Å². The Morgan fingerprint density at radius 3 is 2.67 bits per heavy atom. The number of aromatic nitrogens is 1. The fourth-order valence-electron chi connectivity index (χ4n) is 1.57. The molecule has 0 saturated carbocycles. The molecule has 5 heteroatoms. The second-order valence-corrected chi connectivity index (χ2v) is 6.08. The van der Waals surface area contributed by atoms with Gasteiger partial charge in [-0.1, -0.05) is 0 Å². The molecule has 15 heavy (non-hydrogen) atoms. The molecule has 0 bridgehead atoms. The zero-order valence-corrected chi connectivity index (χ0v) is 9.50. The van der Waals surface area contributed by atoms with Gasteiger partial charge in [-0.3, -0.25) is 0 Å². The van der Waals surface area contributed by atoms with Crippen LogP contribution in [0.2, 0.25) is 0 Å². The van der Waals surface area contributed by atoms with Gasteiger partial charge in [-0.25, -0.2) is 9.19 Å². The molecular formula is C10H14N2O2S. The Bertz CT molecular complexity index is 435. The second-order valence-electron chi connectivity index (χ2n) is 3.54. The number of ether oxygens (including phenoxy) is 1. The summed E-state index contributed by atoms with van der Waals surface area (Å²) in [6.45, 7) is 0. The molecule has 4 nitrogen and oxygen atoms in total. The summed E-state index contributed by atoms with van der Waals surface area (Å²) in [4.78, 5) is 4.09. The van der Waals surface area contributed by atoms with Gasteiger partial charge in [-0.2, -0.15) is 4.36 Å². The van der Waals surface area contributed by atoms with Crippen LogP contribution in [0.25, 0.3) is 0 Å². The summed E-state index contributed by atoms with van der Waals surface area (Å²) in [6, 6.07) is 3.52. The molecule has 1 aliphatic rings. The molecule has 0 aliphatic carbocycles. The zero-order chi connectivity index (χ0) is 10.7. The first-order valence-corrected chi connectivity index (χ1v) is 6.80. The maximum atomic E-state index is 12.1. The Labute approximate surface area is 89.9 Å². The van der Waals surface area contributed by atoms with Crippen LogP contribution >= 0.6 is 0 Å². The quantitative estimate of drug-likeness (QED) is 0.774. The number of rotatable bonds is 2. The van der Waals surface area contributed by atoms with Crippen LogP contribution in [0.5, 0.6) is 5.75 Å². The van der Waals surface area contributed by atoms with Crippen LogP contribution in [0.15, 0.2) is 22.7 Å². The maximum Gasteiger partial charge on any atom is 0.161 e. The van der Waals surface area contributed by atoms with E-state index in [0.717, 1.165) is 12.8 Å². The molecule has 1 fully saturated rings. The van der Waals surface area contributed by atoms with E-state index in [-0.39, 0.29) is 0 Å². The van der Waals surface area contributed by atoms with Crippen molar-refractivity contribution in [2.75, 3.05) is 18.6 Å². The summed E-state index contributed by atoms with van der Waals surface area (Å²) < 4.78 is 21.3. The van der Waals surface area contributed by atoms with E-state index in [2.05, 4.69) is 9.35 Å². The van der Waals surface area contributed by atoms with Crippen LogP contribution in [0.3, 0.4) is 0 Å². The van der Waals surface area contributed by atoms with Gasteiger partial charge in [-0.15, -0.1) is 0 Å². The number of pyridine rings is 1. The number of nitrogens with zero attached hydrogens (tertiary/aromatic N) is 2. The molecular weight excluding hydrogens is 212 g/mol. The lowest BCUT2D eigenvalue weighted by Gasteiger charge is -2.01. The SMILES string of the molecule is COc1ccc(N=S2(=O)CCCC2)nc1. The van der Waals surface area contributed by atoms with E-state index < -0.39 is 9.73 Å². The van der Waals surface area contributed by atoms with Gasteiger partial charge in [0.15, 0.2) is 5.82 Å². The van der Waals surface area contributed by atoms with Gasteiger partial charge in [0.2, 0.25) is 0 Å². The lowest BCUT2D eigenvalue weighted by Crippen LogP contribution is -1.99. The fraction of sp³-hybridized carbons (Fsp3) is 0.500. The summed E-state index contributed by atoms with van der Waals surface area (Å²) in [5.74, 6) is 2.65. The Kier molecular flexibility index (Phi) is 2.90. The highest BCUT2D eigenvalue weighted by Gasteiger charge is 2.16. The zero-order valence-electron chi connectivity index (χ0n) is 8.68. The van der Waals surface area contributed by atoms with Crippen LogP contribution in [0.4, 0.5) is 5.82 Å². The van der Waals surface area contributed by atoms with Crippen molar-refractivity contribution in [2.45, 2.75) is 12.8 Å². The molecule has 0 amide bonds. The molecule has 0 atom stereocenters. The predicted molar refractivity (Wildman–Crippen MR) is 60.0 cm³/mol. The molecule has 0 radical (unpaired) electrons. The third kappa shape index (κ3) is 2.47. The largest absolute Gasteiger partial charge is 0.495 e. The average Bonchev–Trinajstić information content (AvgIpc) is 2.66. The molecule has 0 aromatic carbocycles. The lowest BCUT2D eigenvalue weighted by molar-refractivity contribution is 0.413. The van der Waals surface area contributed by atoms with Crippen LogP contribution in [-0.4, -0.2) is 27.8 Å². The van der Waals surface area contributed by atoms with Crippen molar-refractivity contribution in [3.05, 3.63) is 18.3 Å². The molecule has 1 aromatic rings. The van der Waals surface area contributed by atoms with E-state index in [1.54, 1.807) is 25.4 Å². The first kappa shape index (κ1) is 10.4. The maximum absolute atomic E-state index is 12.1. The molecule has 82 valence electrons. The predicted octanol–water partition coefficient (Wildman–Crippen LogP) is 1.98. The minimum atomic E-state index is -2.00. The number of hydrogen-bond donors (Lipinski definition) is 0. The molecule has 1 aliphatic heterocycles. The van der Waals surface area contributed by atoms with Crippen LogP contribution in [-0.2, 0) is 9.73 Å². The van der Waals surface area contributed by atoms with Crippen LogP contribution in [0, 0.1) is 0 Å². The van der Waals surface area contributed by atoms with Crippen LogP contribution < -0.4 is 4.74 Å². The van der Waals surface area contributed by atoms with E-state index in [0.29, 0.717) is 23.1 Å². The summed E-state index contributed by atoms with van der Waals surface area (Å²) in [5.41, 5.74) is 0. The third-order valence-electron chi connectivity index (χ3n) is 2.39. The van der Waals surface area contributed by atoms with Crippen molar-refractivity contribution >= 4 is 15.5 Å². The molecule has 0 spiro atoms. The van der Waals surface area contributed by atoms with Gasteiger partial charge in [0, 0.05) is 11.5 Å². The van der Waals surface area contributed by atoms with Crippen molar-refractivity contribution in [2.24, 2.45) is 4.36 Å².